The lowest BCUT2D eigenvalue weighted by Crippen LogP contribution is -2.34. The molecule has 1 N–H and O–H groups in total. The van der Waals surface area contributed by atoms with Crippen LogP contribution in [0.25, 0.3) is 0 Å². The van der Waals surface area contributed by atoms with Crippen LogP contribution in [0, 0.1) is 5.92 Å². The number of nitrogens with zero attached hydrogens (tertiary/aromatic N) is 1. The Labute approximate surface area is 130 Å². The molecule has 0 unspecified atom stereocenters. The van der Waals surface area contributed by atoms with Crippen LogP contribution in [0.1, 0.15) is 39.5 Å². The van der Waals surface area contributed by atoms with Crippen LogP contribution in [0.2, 0.25) is 5.02 Å². The molecule has 21 heavy (non-hydrogen) atoms. The summed E-state index contributed by atoms with van der Waals surface area (Å²) in [5.41, 5.74) is 3.67. The van der Waals surface area contributed by atoms with Crippen molar-refractivity contribution in [1.29, 1.82) is 0 Å². The summed E-state index contributed by atoms with van der Waals surface area (Å²) >= 11 is 5.80. The van der Waals surface area contributed by atoms with E-state index in [0.29, 0.717) is 10.8 Å². The van der Waals surface area contributed by atoms with Crippen LogP contribution < -0.4 is 10.2 Å². The van der Waals surface area contributed by atoms with Gasteiger partial charge in [-0.2, -0.15) is 5.10 Å². The number of benzene rings is 1. The molecule has 1 aromatic rings. The fourth-order valence-corrected chi connectivity index (χ4v) is 2.33. The molecule has 0 spiro atoms. The first-order valence-electron chi connectivity index (χ1n) is 7.32. The predicted molar refractivity (Wildman–Crippen MR) is 84.8 cm³/mol. The second-order valence-corrected chi connectivity index (χ2v) is 5.99. The van der Waals surface area contributed by atoms with Gasteiger partial charge in [-0.3, -0.25) is 4.79 Å². The lowest BCUT2D eigenvalue weighted by atomic mass is 9.90. The Balaban J connectivity index is 1.82. The summed E-state index contributed by atoms with van der Waals surface area (Å²) in [7, 11) is 0. The highest BCUT2D eigenvalue weighted by Crippen LogP contribution is 2.21. The van der Waals surface area contributed by atoms with E-state index >= 15 is 0 Å². The third-order valence-corrected chi connectivity index (χ3v) is 3.92. The van der Waals surface area contributed by atoms with Gasteiger partial charge in [-0.1, -0.05) is 18.5 Å². The number of amides is 1. The molecule has 1 fully saturated rings. The summed E-state index contributed by atoms with van der Waals surface area (Å²) < 4.78 is 5.55. The number of hydrogen-bond donors (Lipinski definition) is 1. The van der Waals surface area contributed by atoms with Crippen LogP contribution in [-0.2, 0) is 4.79 Å². The van der Waals surface area contributed by atoms with E-state index in [1.54, 1.807) is 31.2 Å². The average molecular weight is 309 g/mol. The molecule has 0 saturated heterocycles. The molecular formula is C16H21ClN2O2. The van der Waals surface area contributed by atoms with Crippen LogP contribution in [-0.4, -0.2) is 17.7 Å². The minimum Gasteiger partial charge on any atom is -0.481 e. The second kappa shape index (κ2) is 7.46. The zero-order valence-corrected chi connectivity index (χ0v) is 13.2. The van der Waals surface area contributed by atoms with E-state index in [-0.39, 0.29) is 5.91 Å². The van der Waals surface area contributed by atoms with E-state index in [4.69, 9.17) is 16.3 Å². The Morgan fingerprint density at radius 1 is 1.33 bits per heavy atom. The third-order valence-electron chi connectivity index (χ3n) is 3.67. The van der Waals surface area contributed by atoms with E-state index in [0.717, 1.165) is 37.3 Å². The van der Waals surface area contributed by atoms with Gasteiger partial charge in [-0.25, -0.2) is 5.43 Å². The molecule has 4 nitrogen and oxygen atoms in total. The smallest absolute Gasteiger partial charge is 0.280 e. The molecule has 0 aromatic heterocycles. The van der Waals surface area contributed by atoms with Gasteiger partial charge < -0.3 is 4.74 Å². The molecule has 1 saturated carbocycles. The van der Waals surface area contributed by atoms with Gasteiger partial charge in [0, 0.05) is 10.7 Å². The van der Waals surface area contributed by atoms with Gasteiger partial charge in [0.2, 0.25) is 0 Å². The summed E-state index contributed by atoms with van der Waals surface area (Å²) in [6.45, 7) is 3.95. The Morgan fingerprint density at radius 2 is 1.95 bits per heavy atom. The van der Waals surface area contributed by atoms with Crippen molar-refractivity contribution in [1.82, 2.24) is 5.43 Å². The number of hydrazone groups is 1. The topological polar surface area (TPSA) is 50.7 Å². The van der Waals surface area contributed by atoms with Gasteiger partial charge in [0.15, 0.2) is 6.10 Å². The maximum absolute atomic E-state index is 12.0. The number of carbonyl (C=O) groups excluding carboxylic acids is 1. The number of halogens is 1. The van der Waals surface area contributed by atoms with Gasteiger partial charge >= 0.3 is 0 Å². The van der Waals surface area contributed by atoms with Crippen molar-refractivity contribution < 1.29 is 9.53 Å². The first-order valence-corrected chi connectivity index (χ1v) is 7.70. The molecule has 0 radical (unpaired) electrons. The van der Waals surface area contributed by atoms with Crippen LogP contribution in [0.4, 0.5) is 0 Å². The molecule has 5 heteroatoms. The fraction of sp³-hybridized carbons (Fsp3) is 0.500. The largest absolute Gasteiger partial charge is 0.481 e. The first kappa shape index (κ1) is 15.8. The lowest BCUT2D eigenvalue weighted by molar-refractivity contribution is -0.127. The number of carbonyl (C=O) groups is 1. The number of rotatable bonds is 4. The van der Waals surface area contributed by atoms with Crippen LogP contribution in [0.15, 0.2) is 29.4 Å². The zero-order valence-electron chi connectivity index (χ0n) is 12.4. The second-order valence-electron chi connectivity index (χ2n) is 5.55. The van der Waals surface area contributed by atoms with Gasteiger partial charge in [0.05, 0.1) is 0 Å². The van der Waals surface area contributed by atoms with Crippen molar-refractivity contribution >= 4 is 23.2 Å². The minimum absolute atomic E-state index is 0.240. The molecule has 1 atom stereocenters. The van der Waals surface area contributed by atoms with Crippen LogP contribution in [0.5, 0.6) is 5.75 Å². The monoisotopic (exact) mass is 308 g/mol. The molecule has 2 rings (SSSR count). The van der Waals surface area contributed by atoms with E-state index < -0.39 is 6.10 Å². The first-order chi connectivity index (χ1) is 10.0. The number of ether oxygens (including phenoxy) is 1. The van der Waals surface area contributed by atoms with Crippen molar-refractivity contribution in [2.45, 2.75) is 45.6 Å². The highest BCUT2D eigenvalue weighted by Gasteiger charge is 2.16. The molecule has 1 aromatic carbocycles. The normalized spacial score (nSPS) is 19.8. The SMILES string of the molecule is CC1CCC(=NNC(=O)[C@@H](C)Oc2ccc(Cl)cc2)CC1. The molecule has 114 valence electrons. The molecule has 1 amide bonds. The summed E-state index contributed by atoms with van der Waals surface area (Å²) in [5.74, 6) is 1.13. The number of hydrogen-bond acceptors (Lipinski definition) is 3. The molecule has 0 heterocycles. The summed E-state index contributed by atoms with van der Waals surface area (Å²) in [6, 6.07) is 6.93. The summed E-state index contributed by atoms with van der Waals surface area (Å²) in [5, 5.41) is 4.85. The van der Waals surface area contributed by atoms with E-state index in [9.17, 15) is 4.79 Å². The van der Waals surface area contributed by atoms with Crippen molar-refractivity contribution in [3.63, 3.8) is 0 Å². The predicted octanol–water partition coefficient (Wildman–Crippen LogP) is 3.79. The Morgan fingerprint density at radius 3 is 2.57 bits per heavy atom. The molecule has 1 aliphatic rings. The van der Waals surface area contributed by atoms with E-state index in [2.05, 4.69) is 17.5 Å². The molecular weight excluding hydrogens is 288 g/mol. The van der Waals surface area contributed by atoms with Crippen molar-refractivity contribution in [2.24, 2.45) is 11.0 Å². The fourth-order valence-electron chi connectivity index (χ4n) is 2.20. The van der Waals surface area contributed by atoms with Crippen molar-refractivity contribution in [2.75, 3.05) is 0 Å². The lowest BCUT2D eigenvalue weighted by Gasteiger charge is -2.19. The zero-order chi connectivity index (χ0) is 15.2. The average Bonchev–Trinajstić information content (AvgIpc) is 2.48. The maximum atomic E-state index is 12.0. The molecule has 0 aliphatic heterocycles. The molecule has 0 bridgehead atoms. The van der Waals surface area contributed by atoms with Crippen molar-refractivity contribution in [3.05, 3.63) is 29.3 Å². The van der Waals surface area contributed by atoms with Crippen LogP contribution >= 0.6 is 11.6 Å². The Bertz CT molecular complexity index is 504. The van der Waals surface area contributed by atoms with Crippen molar-refractivity contribution in [3.8, 4) is 5.75 Å². The standard InChI is InChI=1S/C16H21ClN2O2/c1-11-3-7-14(8-4-11)18-19-16(20)12(2)21-15-9-5-13(17)6-10-15/h5-6,9-12H,3-4,7-8H2,1-2H3,(H,19,20)/t11?,12-/m1/s1. The number of nitrogens with one attached hydrogen (secondary N) is 1. The summed E-state index contributed by atoms with van der Waals surface area (Å²) in [6.07, 6.45) is 3.62. The Hall–Kier alpha value is -1.55. The van der Waals surface area contributed by atoms with Crippen LogP contribution in [0.3, 0.4) is 0 Å². The highest BCUT2D eigenvalue weighted by atomic mass is 35.5. The third kappa shape index (κ3) is 5.05. The highest BCUT2D eigenvalue weighted by molar-refractivity contribution is 6.30. The van der Waals surface area contributed by atoms with Gasteiger partial charge in [0.25, 0.3) is 5.91 Å². The minimum atomic E-state index is -0.599. The van der Waals surface area contributed by atoms with Gasteiger partial charge in [-0.15, -0.1) is 0 Å². The van der Waals surface area contributed by atoms with Gasteiger partial charge in [-0.05, 0) is 62.8 Å². The maximum Gasteiger partial charge on any atom is 0.280 e. The quantitative estimate of drug-likeness (QED) is 0.860. The van der Waals surface area contributed by atoms with E-state index in [1.807, 2.05) is 0 Å². The Kier molecular flexibility index (Phi) is 5.62. The van der Waals surface area contributed by atoms with E-state index in [1.165, 1.54) is 0 Å². The molecule has 1 aliphatic carbocycles. The van der Waals surface area contributed by atoms with Gasteiger partial charge in [0.1, 0.15) is 5.75 Å². The summed E-state index contributed by atoms with van der Waals surface area (Å²) in [4.78, 5) is 12.0.